The zero-order valence-electron chi connectivity index (χ0n) is 9.64. The van der Waals surface area contributed by atoms with Gasteiger partial charge in [0.05, 0.1) is 5.39 Å². The topological polar surface area (TPSA) is 63.1 Å². The maximum atomic E-state index is 12.2. The standard InChI is InChI=1S/C14H8INO3/c15-11-12(18)9-6-7-10(17)16-14(9)19-13(11)8-4-2-1-3-5-8/h1-7H,(H,16,17). The molecule has 0 fully saturated rings. The molecular formula is C14H8INO3. The number of nitrogens with one attached hydrogen (secondary N) is 1. The van der Waals surface area contributed by atoms with E-state index in [0.717, 1.165) is 5.56 Å². The summed E-state index contributed by atoms with van der Waals surface area (Å²) in [5, 5.41) is 0.378. The number of pyridine rings is 1. The summed E-state index contributed by atoms with van der Waals surface area (Å²) < 4.78 is 6.18. The highest BCUT2D eigenvalue weighted by atomic mass is 127. The van der Waals surface area contributed by atoms with Crippen molar-refractivity contribution in [3.8, 4) is 11.3 Å². The highest BCUT2D eigenvalue weighted by molar-refractivity contribution is 14.1. The summed E-state index contributed by atoms with van der Waals surface area (Å²) in [7, 11) is 0. The molecule has 3 rings (SSSR count). The van der Waals surface area contributed by atoms with Crippen LogP contribution in [0.25, 0.3) is 22.4 Å². The number of hydrogen-bond donors (Lipinski definition) is 1. The monoisotopic (exact) mass is 365 g/mol. The zero-order chi connectivity index (χ0) is 13.4. The van der Waals surface area contributed by atoms with Crippen LogP contribution < -0.4 is 11.0 Å². The number of aromatic nitrogens is 1. The molecule has 0 aliphatic rings. The molecule has 0 unspecified atom stereocenters. The third-order valence-corrected chi connectivity index (χ3v) is 3.75. The minimum Gasteiger partial charge on any atom is -0.438 e. The van der Waals surface area contributed by atoms with Crippen LogP contribution in [-0.2, 0) is 0 Å². The number of benzene rings is 1. The molecule has 0 amide bonds. The largest absolute Gasteiger partial charge is 0.438 e. The third kappa shape index (κ3) is 2.10. The minimum atomic E-state index is -0.295. The normalized spacial score (nSPS) is 10.8. The van der Waals surface area contributed by atoms with Gasteiger partial charge in [0.25, 0.3) is 5.56 Å². The van der Waals surface area contributed by atoms with Crippen LogP contribution in [0.4, 0.5) is 0 Å². The van der Waals surface area contributed by atoms with E-state index in [4.69, 9.17) is 4.42 Å². The van der Waals surface area contributed by atoms with Crippen molar-refractivity contribution in [2.45, 2.75) is 0 Å². The molecule has 0 bridgehead atoms. The molecule has 0 atom stereocenters. The van der Waals surface area contributed by atoms with Crippen LogP contribution in [0.1, 0.15) is 0 Å². The molecule has 2 aromatic heterocycles. The Labute approximate surface area is 121 Å². The van der Waals surface area contributed by atoms with Gasteiger partial charge in [-0.05, 0) is 28.7 Å². The van der Waals surface area contributed by atoms with Crippen LogP contribution in [0.3, 0.4) is 0 Å². The lowest BCUT2D eigenvalue weighted by Gasteiger charge is -2.05. The van der Waals surface area contributed by atoms with Gasteiger partial charge in [-0.2, -0.15) is 0 Å². The van der Waals surface area contributed by atoms with E-state index in [1.54, 1.807) is 0 Å². The molecule has 2 heterocycles. The van der Waals surface area contributed by atoms with Gasteiger partial charge in [0.15, 0.2) is 5.76 Å². The first-order valence-electron chi connectivity index (χ1n) is 5.58. The lowest BCUT2D eigenvalue weighted by molar-refractivity contribution is 0.600. The Morgan fingerprint density at radius 1 is 1.00 bits per heavy atom. The zero-order valence-corrected chi connectivity index (χ0v) is 11.8. The molecule has 3 aromatic rings. The quantitative estimate of drug-likeness (QED) is 0.675. The van der Waals surface area contributed by atoms with E-state index in [0.29, 0.717) is 14.7 Å². The van der Waals surface area contributed by atoms with Gasteiger partial charge in [0.2, 0.25) is 11.1 Å². The Morgan fingerprint density at radius 2 is 1.74 bits per heavy atom. The lowest BCUT2D eigenvalue weighted by atomic mass is 10.1. The maximum absolute atomic E-state index is 12.2. The molecule has 0 aliphatic carbocycles. The fraction of sp³-hybridized carbons (Fsp3) is 0. The molecule has 1 N–H and O–H groups in total. The van der Waals surface area contributed by atoms with Gasteiger partial charge in [0.1, 0.15) is 3.57 Å². The van der Waals surface area contributed by atoms with Crippen molar-refractivity contribution in [1.29, 1.82) is 0 Å². The summed E-state index contributed by atoms with van der Waals surface area (Å²) >= 11 is 1.97. The van der Waals surface area contributed by atoms with Crippen molar-refractivity contribution in [1.82, 2.24) is 4.98 Å². The lowest BCUT2D eigenvalue weighted by Crippen LogP contribution is -2.12. The van der Waals surface area contributed by atoms with Gasteiger partial charge in [-0.25, -0.2) is 0 Å². The van der Waals surface area contributed by atoms with Gasteiger partial charge in [-0.15, -0.1) is 0 Å². The summed E-state index contributed by atoms with van der Waals surface area (Å²) in [6.45, 7) is 0. The van der Waals surface area contributed by atoms with Crippen LogP contribution in [0, 0.1) is 3.57 Å². The van der Waals surface area contributed by atoms with E-state index < -0.39 is 0 Å². The molecular weight excluding hydrogens is 357 g/mol. The Morgan fingerprint density at radius 3 is 2.47 bits per heavy atom. The van der Waals surface area contributed by atoms with E-state index in [1.165, 1.54) is 12.1 Å². The van der Waals surface area contributed by atoms with Gasteiger partial charge in [0, 0.05) is 11.6 Å². The van der Waals surface area contributed by atoms with Gasteiger partial charge in [-0.3, -0.25) is 14.6 Å². The summed E-state index contributed by atoms with van der Waals surface area (Å²) in [5.74, 6) is 0.473. The summed E-state index contributed by atoms with van der Waals surface area (Å²) in [5.41, 5.74) is 0.570. The minimum absolute atomic E-state index is 0.142. The molecule has 0 saturated carbocycles. The third-order valence-electron chi connectivity index (χ3n) is 2.77. The Hall–Kier alpha value is -1.89. The molecule has 5 heteroatoms. The first-order chi connectivity index (χ1) is 9.16. The summed E-state index contributed by atoms with van der Waals surface area (Å²) in [6.07, 6.45) is 0. The van der Waals surface area contributed by atoms with Crippen molar-refractivity contribution >= 4 is 33.7 Å². The van der Waals surface area contributed by atoms with Crippen LogP contribution >= 0.6 is 22.6 Å². The van der Waals surface area contributed by atoms with Gasteiger partial charge >= 0.3 is 0 Å². The van der Waals surface area contributed by atoms with Crippen LogP contribution in [0.2, 0.25) is 0 Å². The Balaban J connectivity index is 2.41. The first-order valence-corrected chi connectivity index (χ1v) is 6.66. The predicted octanol–water partition coefficient (Wildman–Crippen LogP) is 2.75. The van der Waals surface area contributed by atoms with Crippen LogP contribution in [-0.4, -0.2) is 4.98 Å². The number of fused-ring (bicyclic) bond motifs is 1. The molecule has 94 valence electrons. The van der Waals surface area contributed by atoms with Crippen molar-refractivity contribution in [3.63, 3.8) is 0 Å². The number of aromatic amines is 1. The second kappa shape index (κ2) is 4.65. The van der Waals surface area contributed by atoms with Crippen LogP contribution in [0.15, 0.2) is 56.5 Å². The van der Waals surface area contributed by atoms with E-state index in [1.807, 2.05) is 52.9 Å². The molecule has 0 saturated heterocycles. The average Bonchev–Trinajstić information content (AvgIpc) is 2.43. The van der Waals surface area contributed by atoms with Crippen molar-refractivity contribution in [2.24, 2.45) is 0 Å². The Bertz CT molecular complexity index is 865. The number of hydrogen-bond acceptors (Lipinski definition) is 3. The fourth-order valence-electron chi connectivity index (χ4n) is 1.86. The predicted molar refractivity (Wildman–Crippen MR) is 81.3 cm³/mol. The fourth-order valence-corrected chi connectivity index (χ4v) is 2.57. The van der Waals surface area contributed by atoms with Gasteiger partial charge < -0.3 is 4.42 Å². The smallest absolute Gasteiger partial charge is 0.250 e. The SMILES string of the molecule is O=c1ccc2c(=O)c(I)c(-c3ccccc3)oc2[nH]1. The number of H-pyrrole nitrogens is 1. The second-order valence-electron chi connectivity index (χ2n) is 4.01. The van der Waals surface area contributed by atoms with Crippen LogP contribution in [0.5, 0.6) is 0 Å². The van der Waals surface area contributed by atoms with E-state index in [-0.39, 0.29) is 16.7 Å². The van der Waals surface area contributed by atoms with Crippen molar-refractivity contribution < 1.29 is 4.42 Å². The maximum Gasteiger partial charge on any atom is 0.250 e. The van der Waals surface area contributed by atoms with E-state index in [2.05, 4.69) is 4.98 Å². The molecule has 4 nitrogen and oxygen atoms in total. The summed E-state index contributed by atoms with van der Waals surface area (Å²) in [4.78, 5) is 26.1. The van der Waals surface area contributed by atoms with Crippen molar-refractivity contribution in [2.75, 3.05) is 0 Å². The second-order valence-corrected chi connectivity index (χ2v) is 5.08. The number of halogens is 1. The molecule has 0 radical (unpaired) electrons. The first kappa shape index (κ1) is 12.2. The molecule has 19 heavy (non-hydrogen) atoms. The van der Waals surface area contributed by atoms with E-state index in [9.17, 15) is 9.59 Å². The summed E-state index contributed by atoms with van der Waals surface area (Å²) in [6, 6.07) is 12.1. The molecule has 0 aliphatic heterocycles. The molecule has 1 aromatic carbocycles. The Kier molecular flexibility index (Phi) is 2.98. The number of rotatable bonds is 1. The molecule has 0 spiro atoms. The van der Waals surface area contributed by atoms with Crippen molar-refractivity contribution in [3.05, 3.63) is 66.6 Å². The highest BCUT2D eigenvalue weighted by Crippen LogP contribution is 2.25. The van der Waals surface area contributed by atoms with E-state index >= 15 is 0 Å². The average molecular weight is 365 g/mol. The van der Waals surface area contributed by atoms with Gasteiger partial charge in [-0.1, -0.05) is 30.3 Å². The highest BCUT2D eigenvalue weighted by Gasteiger charge is 2.13.